The van der Waals surface area contributed by atoms with E-state index in [0.717, 1.165) is 34.9 Å². The normalized spacial score (nSPS) is 17.6. The van der Waals surface area contributed by atoms with Crippen molar-refractivity contribution in [3.63, 3.8) is 0 Å². The van der Waals surface area contributed by atoms with Crippen LogP contribution in [0.2, 0.25) is 0 Å². The summed E-state index contributed by atoms with van der Waals surface area (Å²) in [5.41, 5.74) is 3.55. The van der Waals surface area contributed by atoms with E-state index in [4.69, 9.17) is 4.74 Å². The summed E-state index contributed by atoms with van der Waals surface area (Å²) in [7, 11) is 0. The molecule has 2 aromatic rings. The number of thioether (sulfide) groups is 1. The van der Waals surface area contributed by atoms with Gasteiger partial charge in [-0.2, -0.15) is 0 Å². The van der Waals surface area contributed by atoms with Crippen LogP contribution in [0.1, 0.15) is 24.8 Å². The van der Waals surface area contributed by atoms with E-state index in [2.05, 4.69) is 21.6 Å². The molecular weight excluding hydrogens is 414 g/mol. The van der Waals surface area contributed by atoms with Gasteiger partial charge in [0.15, 0.2) is 6.61 Å². The molecule has 0 aliphatic carbocycles. The number of nitrogens with one attached hydrogen (secondary N) is 2. The Labute approximate surface area is 185 Å². The summed E-state index contributed by atoms with van der Waals surface area (Å²) >= 11 is 1.33. The van der Waals surface area contributed by atoms with Crippen molar-refractivity contribution in [2.45, 2.75) is 36.3 Å². The number of nitrogens with zero attached hydrogens (tertiary/aromatic N) is 1. The number of hydrogen-bond donors (Lipinski definition) is 2. The lowest BCUT2D eigenvalue weighted by atomic mass is 10.1. The molecule has 1 atom stereocenters. The predicted molar refractivity (Wildman–Crippen MR) is 122 cm³/mol. The number of benzene rings is 2. The first-order valence-corrected chi connectivity index (χ1v) is 11.3. The van der Waals surface area contributed by atoms with Crippen molar-refractivity contribution in [2.24, 2.45) is 0 Å². The fraction of sp³-hybridized carbons (Fsp3) is 0.348. The van der Waals surface area contributed by atoms with E-state index in [1.807, 2.05) is 43.3 Å². The number of fused-ring (bicyclic) bond motifs is 1. The van der Waals surface area contributed by atoms with Crippen LogP contribution in [0, 0.1) is 6.92 Å². The van der Waals surface area contributed by atoms with E-state index in [1.165, 1.54) is 24.6 Å². The van der Waals surface area contributed by atoms with Gasteiger partial charge in [-0.3, -0.25) is 14.4 Å². The summed E-state index contributed by atoms with van der Waals surface area (Å²) in [4.78, 5) is 39.9. The van der Waals surface area contributed by atoms with Crippen molar-refractivity contribution in [1.29, 1.82) is 0 Å². The Morgan fingerprint density at radius 2 is 1.97 bits per heavy atom. The SMILES string of the molecule is Cc1cc(N2CCCC2)ccc1NC(=O)COC(=O)CC1Sc2ccccc2NC1=O. The van der Waals surface area contributed by atoms with Crippen LogP contribution in [0.25, 0.3) is 0 Å². The number of hydrogen-bond acceptors (Lipinski definition) is 6. The molecule has 0 saturated carbocycles. The number of amides is 2. The van der Waals surface area contributed by atoms with E-state index in [0.29, 0.717) is 5.69 Å². The van der Waals surface area contributed by atoms with Crippen LogP contribution >= 0.6 is 11.8 Å². The van der Waals surface area contributed by atoms with Gasteiger partial charge >= 0.3 is 5.97 Å². The summed E-state index contributed by atoms with van der Waals surface area (Å²) in [5.74, 6) is -1.22. The molecule has 0 aromatic heterocycles. The summed E-state index contributed by atoms with van der Waals surface area (Å²) in [6, 6.07) is 13.4. The molecule has 1 fully saturated rings. The smallest absolute Gasteiger partial charge is 0.307 e. The highest BCUT2D eigenvalue weighted by atomic mass is 32.2. The number of anilines is 3. The van der Waals surface area contributed by atoms with E-state index in [-0.39, 0.29) is 18.9 Å². The standard InChI is InChI=1S/C23H25N3O4S/c1-15-12-16(26-10-4-5-11-26)8-9-17(15)24-21(27)14-30-22(28)13-20-23(29)25-18-6-2-3-7-19(18)31-20/h2-3,6-9,12,20H,4-5,10-11,13-14H2,1H3,(H,24,27)(H,25,29). The number of ether oxygens (including phenoxy) is 1. The maximum absolute atomic E-state index is 12.2. The zero-order valence-corrected chi connectivity index (χ0v) is 18.2. The van der Waals surface area contributed by atoms with Crippen LogP contribution in [0.5, 0.6) is 0 Å². The molecule has 2 aliphatic heterocycles. The second kappa shape index (κ2) is 9.43. The molecule has 8 heteroatoms. The van der Waals surface area contributed by atoms with Crippen molar-refractivity contribution in [2.75, 3.05) is 35.2 Å². The molecule has 1 unspecified atom stereocenters. The lowest BCUT2D eigenvalue weighted by Gasteiger charge is -2.23. The van der Waals surface area contributed by atoms with E-state index in [9.17, 15) is 14.4 Å². The minimum atomic E-state index is -0.580. The van der Waals surface area contributed by atoms with Crippen LogP contribution in [0.15, 0.2) is 47.4 Å². The third-order valence-electron chi connectivity index (χ3n) is 5.38. The Morgan fingerprint density at radius 1 is 1.19 bits per heavy atom. The topological polar surface area (TPSA) is 87.7 Å². The number of para-hydroxylation sites is 1. The fourth-order valence-corrected chi connectivity index (χ4v) is 4.82. The lowest BCUT2D eigenvalue weighted by Crippen LogP contribution is -2.32. The molecule has 2 aliphatic rings. The van der Waals surface area contributed by atoms with Crippen LogP contribution in [-0.4, -0.2) is 42.7 Å². The van der Waals surface area contributed by atoms with Gasteiger partial charge < -0.3 is 20.3 Å². The van der Waals surface area contributed by atoms with Crippen molar-refractivity contribution < 1.29 is 19.1 Å². The first-order chi connectivity index (χ1) is 15.0. The molecule has 0 radical (unpaired) electrons. The molecular formula is C23H25N3O4S. The van der Waals surface area contributed by atoms with Crippen LogP contribution in [-0.2, 0) is 19.1 Å². The van der Waals surface area contributed by atoms with Gasteiger partial charge in [0.2, 0.25) is 5.91 Å². The van der Waals surface area contributed by atoms with Crippen molar-refractivity contribution in [1.82, 2.24) is 0 Å². The molecule has 2 heterocycles. The predicted octanol–water partition coefficient (Wildman–Crippen LogP) is 3.58. The zero-order chi connectivity index (χ0) is 21.8. The summed E-state index contributed by atoms with van der Waals surface area (Å²) in [6.07, 6.45) is 2.31. The molecule has 0 bridgehead atoms. The second-order valence-electron chi connectivity index (χ2n) is 7.70. The van der Waals surface area contributed by atoms with Gasteiger partial charge in [-0.15, -0.1) is 11.8 Å². The Balaban J connectivity index is 1.26. The minimum Gasteiger partial charge on any atom is -0.456 e. The Morgan fingerprint density at radius 3 is 2.74 bits per heavy atom. The maximum atomic E-state index is 12.2. The molecule has 162 valence electrons. The summed E-state index contributed by atoms with van der Waals surface area (Å²) in [6.45, 7) is 3.67. The highest BCUT2D eigenvalue weighted by molar-refractivity contribution is 8.01. The lowest BCUT2D eigenvalue weighted by molar-refractivity contribution is -0.147. The highest BCUT2D eigenvalue weighted by Gasteiger charge is 2.29. The molecule has 2 amide bonds. The van der Waals surface area contributed by atoms with Gasteiger partial charge in [0, 0.05) is 29.4 Å². The quantitative estimate of drug-likeness (QED) is 0.669. The van der Waals surface area contributed by atoms with Crippen LogP contribution < -0.4 is 15.5 Å². The Kier molecular flexibility index (Phi) is 6.46. The Hall–Kier alpha value is -3.00. The first kappa shape index (κ1) is 21.2. The van der Waals surface area contributed by atoms with Crippen molar-refractivity contribution in [3.8, 4) is 0 Å². The van der Waals surface area contributed by atoms with Gasteiger partial charge in [-0.05, 0) is 55.7 Å². The van der Waals surface area contributed by atoms with Crippen LogP contribution in [0.3, 0.4) is 0 Å². The van der Waals surface area contributed by atoms with E-state index in [1.54, 1.807) is 0 Å². The van der Waals surface area contributed by atoms with Gasteiger partial charge in [0.25, 0.3) is 5.91 Å². The average Bonchev–Trinajstić information content (AvgIpc) is 3.29. The number of rotatable bonds is 6. The van der Waals surface area contributed by atoms with Crippen molar-refractivity contribution >= 4 is 46.6 Å². The molecule has 4 rings (SSSR count). The van der Waals surface area contributed by atoms with E-state index >= 15 is 0 Å². The first-order valence-electron chi connectivity index (χ1n) is 10.4. The van der Waals surface area contributed by atoms with Crippen molar-refractivity contribution in [3.05, 3.63) is 48.0 Å². The monoisotopic (exact) mass is 439 g/mol. The van der Waals surface area contributed by atoms with Gasteiger partial charge in [-0.1, -0.05) is 12.1 Å². The highest BCUT2D eigenvalue weighted by Crippen LogP contribution is 2.36. The number of esters is 1. The molecule has 7 nitrogen and oxygen atoms in total. The summed E-state index contributed by atoms with van der Waals surface area (Å²) < 4.78 is 5.11. The number of carbonyl (C=O) groups excluding carboxylic acids is 3. The Bertz CT molecular complexity index is 1000. The minimum absolute atomic E-state index is 0.0956. The van der Waals surface area contributed by atoms with Crippen LogP contribution in [0.4, 0.5) is 17.1 Å². The molecule has 2 aromatic carbocycles. The molecule has 2 N–H and O–H groups in total. The summed E-state index contributed by atoms with van der Waals surface area (Å²) in [5, 5.41) is 5.01. The zero-order valence-electron chi connectivity index (χ0n) is 17.3. The third-order valence-corrected chi connectivity index (χ3v) is 6.65. The molecule has 0 spiro atoms. The maximum Gasteiger partial charge on any atom is 0.307 e. The fourth-order valence-electron chi connectivity index (χ4n) is 3.73. The second-order valence-corrected chi connectivity index (χ2v) is 8.94. The number of carbonyl (C=O) groups is 3. The van der Waals surface area contributed by atoms with E-state index < -0.39 is 17.1 Å². The van der Waals surface area contributed by atoms with Gasteiger partial charge in [-0.25, -0.2) is 0 Å². The molecule has 1 saturated heterocycles. The van der Waals surface area contributed by atoms with Gasteiger partial charge in [0.1, 0.15) is 0 Å². The molecule has 31 heavy (non-hydrogen) atoms. The largest absolute Gasteiger partial charge is 0.456 e. The average molecular weight is 440 g/mol. The van der Waals surface area contributed by atoms with Gasteiger partial charge in [0.05, 0.1) is 17.4 Å². The third kappa shape index (κ3) is 5.19. The number of aryl methyl sites for hydroxylation is 1.